The lowest BCUT2D eigenvalue weighted by molar-refractivity contribution is -0.123. The molecule has 0 saturated carbocycles. The van der Waals surface area contributed by atoms with Gasteiger partial charge in [0, 0.05) is 24.6 Å². The highest BCUT2D eigenvalue weighted by Gasteiger charge is 2.30. The molecular formula is C36H37N3O5. The van der Waals surface area contributed by atoms with Crippen LogP contribution in [0.5, 0.6) is 0 Å². The Morgan fingerprint density at radius 1 is 0.727 bits per heavy atom. The molecule has 226 valence electrons. The van der Waals surface area contributed by atoms with E-state index in [1.165, 1.54) is 0 Å². The molecule has 0 aromatic heterocycles. The summed E-state index contributed by atoms with van der Waals surface area (Å²) >= 11 is 0. The lowest BCUT2D eigenvalue weighted by atomic mass is 9.98. The van der Waals surface area contributed by atoms with Gasteiger partial charge in [-0.1, -0.05) is 91.0 Å². The Morgan fingerprint density at radius 3 is 1.93 bits per heavy atom. The van der Waals surface area contributed by atoms with Gasteiger partial charge in [0.1, 0.15) is 18.2 Å². The number of rotatable bonds is 9. The highest BCUT2D eigenvalue weighted by molar-refractivity contribution is 5.86. The second-order valence-electron chi connectivity index (χ2n) is 11.8. The average molecular weight is 592 g/mol. The summed E-state index contributed by atoms with van der Waals surface area (Å²) in [5.41, 5.74) is 6.24. The zero-order valence-electron chi connectivity index (χ0n) is 25.1. The van der Waals surface area contributed by atoms with E-state index in [4.69, 9.17) is 9.47 Å². The summed E-state index contributed by atoms with van der Waals surface area (Å²) in [6.07, 6.45) is -0.891. The molecule has 0 unspecified atom stereocenters. The van der Waals surface area contributed by atoms with Gasteiger partial charge in [0.15, 0.2) is 0 Å². The minimum atomic E-state index is -0.846. The molecule has 8 nitrogen and oxygen atoms in total. The van der Waals surface area contributed by atoms with Crippen LogP contribution in [0.1, 0.15) is 48.9 Å². The molecule has 0 saturated heterocycles. The summed E-state index contributed by atoms with van der Waals surface area (Å²) < 4.78 is 11.0. The van der Waals surface area contributed by atoms with Crippen molar-refractivity contribution in [1.82, 2.24) is 10.6 Å². The molecule has 1 atom stereocenters. The number of alkyl carbamates (subject to hydrolysis) is 1. The van der Waals surface area contributed by atoms with Gasteiger partial charge >= 0.3 is 12.2 Å². The van der Waals surface area contributed by atoms with Crippen molar-refractivity contribution in [1.29, 1.82) is 0 Å². The van der Waals surface area contributed by atoms with E-state index in [2.05, 4.69) is 40.2 Å². The molecular weight excluding hydrogens is 554 g/mol. The van der Waals surface area contributed by atoms with Crippen LogP contribution in [0.4, 0.5) is 15.3 Å². The van der Waals surface area contributed by atoms with E-state index in [0.29, 0.717) is 12.1 Å². The van der Waals surface area contributed by atoms with E-state index in [0.717, 1.165) is 33.4 Å². The van der Waals surface area contributed by atoms with Gasteiger partial charge in [-0.3, -0.25) is 10.1 Å². The lowest BCUT2D eigenvalue weighted by Crippen LogP contribution is -2.48. The van der Waals surface area contributed by atoms with Crippen molar-refractivity contribution >= 4 is 23.8 Å². The van der Waals surface area contributed by atoms with Crippen molar-refractivity contribution < 1.29 is 23.9 Å². The van der Waals surface area contributed by atoms with Crippen molar-refractivity contribution in [3.8, 4) is 11.1 Å². The highest BCUT2D eigenvalue weighted by Crippen LogP contribution is 2.44. The van der Waals surface area contributed by atoms with Crippen molar-refractivity contribution in [3.05, 3.63) is 125 Å². The number of amides is 3. The largest absolute Gasteiger partial charge is 0.449 e. The SMILES string of the molecule is CC(C)(C)OC(=O)Nc1ccc(CNC(=O)[C@H](Cc2ccccc2)NC(=O)OCC2c3ccccc3-c3ccccc32)cc1. The Labute approximate surface area is 257 Å². The first-order valence-electron chi connectivity index (χ1n) is 14.7. The summed E-state index contributed by atoms with van der Waals surface area (Å²) in [6, 6.07) is 32.0. The first kappa shape index (κ1) is 30.4. The smallest absolute Gasteiger partial charge is 0.412 e. The number of hydrogen-bond donors (Lipinski definition) is 3. The number of carbonyl (C=O) groups is 3. The summed E-state index contributed by atoms with van der Waals surface area (Å²) in [4.78, 5) is 38.4. The van der Waals surface area contributed by atoms with Crippen LogP contribution in [0.3, 0.4) is 0 Å². The molecule has 0 aliphatic heterocycles. The maximum absolute atomic E-state index is 13.3. The molecule has 0 radical (unpaired) electrons. The molecule has 1 aliphatic rings. The number of ether oxygens (including phenoxy) is 2. The molecule has 4 aromatic rings. The molecule has 8 heteroatoms. The molecule has 0 bridgehead atoms. The lowest BCUT2D eigenvalue weighted by Gasteiger charge is -2.20. The molecule has 0 spiro atoms. The van der Waals surface area contributed by atoms with E-state index in [9.17, 15) is 14.4 Å². The summed E-state index contributed by atoms with van der Waals surface area (Å²) in [5, 5.41) is 8.40. The first-order chi connectivity index (χ1) is 21.2. The Hall–Kier alpha value is -5.11. The highest BCUT2D eigenvalue weighted by atomic mass is 16.6. The predicted octanol–water partition coefficient (Wildman–Crippen LogP) is 6.80. The van der Waals surface area contributed by atoms with Gasteiger partial charge in [-0.05, 0) is 66.3 Å². The fraction of sp³-hybridized carbons (Fsp3) is 0.250. The fourth-order valence-electron chi connectivity index (χ4n) is 5.28. The fourth-order valence-corrected chi connectivity index (χ4v) is 5.28. The number of fused-ring (bicyclic) bond motifs is 3. The summed E-state index contributed by atoms with van der Waals surface area (Å²) in [5.74, 6) is -0.416. The maximum Gasteiger partial charge on any atom is 0.412 e. The van der Waals surface area contributed by atoms with E-state index >= 15 is 0 Å². The number of hydrogen-bond acceptors (Lipinski definition) is 5. The topological polar surface area (TPSA) is 106 Å². The van der Waals surface area contributed by atoms with E-state index in [1.807, 2.05) is 54.6 Å². The van der Waals surface area contributed by atoms with Crippen LogP contribution in [0, 0.1) is 0 Å². The van der Waals surface area contributed by atoms with E-state index < -0.39 is 23.8 Å². The Morgan fingerprint density at radius 2 is 1.32 bits per heavy atom. The van der Waals surface area contributed by atoms with E-state index in [-0.39, 0.29) is 25.0 Å². The summed E-state index contributed by atoms with van der Waals surface area (Å²) in [6.45, 7) is 5.79. The number of nitrogens with one attached hydrogen (secondary N) is 3. The van der Waals surface area contributed by atoms with Gasteiger partial charge in [0.2, 0.25) is 5.91 Å². The first-order valence-corrected chi connectivity index (χ1v) is 14.7. The molecule has 3 N–H and O–H groups in total. The molecule has 5 rings (SSSR count). The van der Waals surface area contributed by atoms with Crippen molar-refractivity contribution in [2.45, 2.75) is 51.3 Å². The third-order valence-electron chi connectivity index (χ3n) is 7.30. The molecule has 1 aliphatic carbocycles. The van der Waals surface area contributed by atoms with Gasteiger partial charge in [-0.25, -0.2) is 9.59 Å². The van der Waals surface area contributed by atoms with E-state index in [1.54, 1.807) is 45.0 Å². The van der Waals surface area contributed by atoms with Crippen molar-refractivity contribution in [2.24, 2.45) is 0 Å². The molecule has 0 fully saturated rings. The van der Waals surface area contributed by atoms with Gasteiger partial charge in [0.25, 0.3) is 0 Å². The quantitative estimate of drug-likeness (QED) is 0.199. The maximum atomic E-state index is 13.3. The number of anilines is 1. The summed E-state index contributed by atoms with van der Waals surface area (Å²) in [7, 11) is 0. The van der Waals surface area contributed by atoms with Gasteiger partial charge in [-0.15, -0.1) is 0 Å². The van der Waals surface area contributed by atoms with Crippen molar-refractivity contribution in [2.75, 3.05) is 11.9 Å². The van der Waals surface area contributed by atoms with Crippen LogP contribution < -0.4 is 16.0 Å². The van der Waals surface area contributed by atoms with Crippen LogP contribution in [0.15, 0.2) is 103 Å². The van der Waals surface area contributed by atoms with Crippen LogP contribution in [0.25, 0.3) is 11.1 Å². The molecule has 44 heavy (non-hydrogen) atoms. The molecule has 0 heterocycles. The van der Waals surface area contributed by atoms with Crippen LogP contribution in [0.2, 0.25) is 0 Å². The Kier molecular flexibility index (Phi) is 9.29. The molecule has 4 aromatic carbocycles. The van der Waals surface area contributed by atoms with Gasteiger partial charge < -0.3 is 20.1 Å². The number of carbonyl (C=O) groups excluding carboxylic acids is 3. The van der Waals surface area contributed by atoms with Gasteiger partial charge in [0.05, 0.1) is 0 Å². The standard InChI is InChI=1S/C36H37N3O5/c1-36(2,3)44-35(42)38-26-19-17-25(18-20-26)22-37-33(40)32(21-24-11-5-4-6-12-24)39-34(41)43-23-31-29-15-9-7-13-27(29)28-14-8-10-16-30(28)31/h4-20,31-32H,21-23H2,1-3H3,(H,37,40)(H,38,42)(H,39,41)/t32-/m0/s1. The second kappa shape index (κ2) is 13.5. The minimum Gasteiger partial charge on any atom is -0.449 e. The zero-order chi connectivity index (χ0) is 31.1. The Balaban J connectivity index is 1.20. The number of benzene rings is 4. The third kappa shape index (κ3) is 7.83. The Bertz CT molecular complexity index is 1570. The van der Waals surface area contributed by atoms with Crippen LogP contribution >= 0.6 is 0 Å². The van der Waals surface area contributed by atoms with Crippen LogP contribution in [-0.4, -0.2) is 36.3 Å². The van der Waals surface area contributed by atoms with Crippen molar-refractivity contribution in [3.63, 3.8) is 0 Å². The van der Waals surface area contributed by atoms with Gasteiger partial charge in [-0.2, -0.15) is 0 Å². The zero-order valence-corrected chi connectivity index (χ0v) is 25.1. The normalized spacial score (nSPS) is 12.8. The average Bonchev–Trinajstić information content (AvgIpc) is 3.32. The monoisotopic (exact) mass is 591 g/mol. The molecule has 3 amide bonds. The third-order valence-corrected chi connectivity index (χ3v) is 7.30. The second-order valence-corrected chi connectivity index (χ2v) is 11.8. The minimum absolute atomic E-state index is 0.0812. The predicted molar refractivity (Wildman–Crippen MR) is 170 cm³/mol. The van der Waals surface area contributed by atoms with Crippen LogP contribution in [-0.2, 0) is 27.2 Å².